The molecule has 2 rings (SSSR count). The number of nitrogens with one attached hydrogen (secondary N) is 1. The van der Waals surface area contributed by atoms with Gasteiger partial charge in [0.05, 0.1) is 0 Å². The van der Waals surface area contributed by atoms with Crippen molar-refractivity contribution in [3.63, 3.8) is 0 Å². The molecular formula is C11H11F2N3. The van der Waals surface area contributed by atoms with Gasteiger partial charge in [0, 0.05) is 17.3 Å². The van der Waals surface area contributed by atoms with Gasteiger partial charge in [0.15, 0.2) is 0 Å². The average molecular weight is 223 g/mol. The first-order valence-electron chi connectivity index (χ1n) is 4.89. The molecule has 0 spiro atoms. The first kappa shape index (κ1) is 10.6. The van der Waals surface area contributed by atoms with Crippen molar-refractivity contribution in [3.8, 4) is 0 Å². The first-order chi connectivity index (χ1) is 7.66. The number of aromatic amines is 1. The van der Waals surface area contributed by atoms with Crippen molar-refractivity contribution in [2.24, 2.45) is 0 Å². The van der Waals surface area contributed by atoms with Gasteiger partial charge >= 0.3 is 0 Å². The first-order valence-corrected chi connectivity index (χ1v) is 4.89. The molecule has 0 aliphatic carbocycles. The molecule has 0 bridgehead atoms. The summed E-state index contributed by atoms with van der Waals surface area (Å²) < 4.78 is 26.5. The molecule has 0 aliphatic heterocycles. The average Bonchev–Trinajstić information content (AvgIpc) is 2.63. The summed E-state index contributed by atoms with van der Waals surface area (Å²) in [5.74, 6) is -0.663. The number of nitrogens with zero attached hydrogens (tertiary/aromatic N) is 1. The summed E-state index contributed by atoms with van der Waals surface area (Å²) in [6.07, 6.45) is 0.752. The molecule has 16 heavy (non-hydrogen) atoms. The highest BCUT2D eigenvalue weighted by Crippen LogP contribution is 2.14. The fraction of sp³-hybridized carbons (Fsp3) is 0.182. The van der Waals surface area contributed by atoms with Crippen LogP contribution in [0.1, 0.15) is 11.3 Å². The second kappa shape index (κ2) is 4.30. The monoisotopic (exact) mass is 223 g/mol. The lowest BCUT2D eigenvalue weighted by molar-refractivity contribution is 0.554. The molecule has 0 saturated carbocycles. The fourth-order valence-electron chi connectivity index (χ4n) is 1.54. The zero-order chi connectivity index (χ0) is 11.5. The van der Waals surface area contributed by atoms with Crippen LogP contribution < -0.4 is 5.73 Å². The molecule has 1 heterocycles. The molecule has 0 atom stereocenters. The number of hydrogen-bond donors (Lipinski definition) is 2. The van der Waals surface area contributed by atoms with Crippen molar-refractivity contribution in [2.75, 3.05) is 5.73 Å². The Bertz CT molecular complexity index is 473. The standard InChI is InChI=1S/C11H11F2N3/c12-9-2-1-3-10(13)8(9)5-4-7-6-11(14)16-15-7/h1-3,6H,4-5H2,(H3,14,15,16). The van der Waals surface area contributed by atoms with Gasteiger partial charge in [-0.3, -0.25) is 5.10 Å². The third-order valence-corrected chi connectivity index (χ3v) is 2.36. The van der Waals surface area contributed by atoms with Gasteiger partial charge in [-0.25, -0.2) is 8.78 Å². The van der Waals surface area contributed by atoms with Gasteiger partial charge in [-0.2, -0.15) is 5.10 Å². The molecule has 1 aromatic carbocycles. The van der Waals surface area contributed by atoms with E-state index >= 15 is 0 Å². The topological polar surface area (TPSA) is 54.7 Å². The molecule has 2 aromatic rings. The number of aromatic nitrogens is 2. The highest BCUT2D eigenvalue weighted by Gasteiger charge is 2.08. The number of rotatable bonds is 3. The van der Waals surface area contributed by atoms with E-state index in [1.54, 1.807) is 6.07 Å². The lowest BCUT2D eigenvalue weighted by atomic mass is 10.1. The van der Waals surface area contributed by atoms with Crippen molar-refractivity contribution in [2.45, 2.75) is 12.8 Å². The Hall–Kier alpha value is -1.91. The Morgan fingerprint density at radius 3 is 2.44 bits per heavy atom. The summed E-state index contributed by atoms with van der Waals surface area (Å²) in [4.78, 5) is 0. The summed E-state index contributed by atoms with van der Waals surface area (Å²) in [5, 5.41) is 6.43. The van der Waals surface area contributed by atoms with E-state index in [0.717, 1.165) is 5.69 Å². The number of halogens is 2. The van der Waals surface area contributed by atoms with Gasteiger partial charge in [-0.05, 0) is 25.0 Å². The maximum Gasteiger partial charge on any atom is 0.145 e. The minimum absolute atomic E-state index is 0.0932. The molecule has 0 fully saturated rings. The summed E-state index contributed by atoms with van der Waals surface area (Å²) in [6.45, 7) is 0. The molecule has 0 saturated heterocycles. The van der Waals surface area contributed by atoms with Gasteiger partial charge in [-0.1, -0.05) is 6.07 Å². The maximum absolute atomic E-state index is 13.3. The SMILES string of the molecule is Nc1cc(CCc2c(F)cccc2F)[nH]n1. The van der Waals surface area contributed by atoms with Crippen LogP contribution in [0.2, 0.25) is 0 Å². The summed E-state index contributed by atoms with van der Waals surface area (Å²) in [7, 11) is 0. The Morgan fingerprint density at radius 2 is 1.88 bits per heavy atom. The minimum atomic E-state index is -0.521. The Kier molecular flexibility index (Phi) is 2.85. The number of benzene rings is 1. The summed E-state index contributed by atoms with van der Waals surface area (Å²) >= 11 is 0. The van der Waals surface area contributed by atoms with Gasteiger partial charge < -0.3 is 5.73 Å². The van der Waals surface area contributed by atoms with Crippen molar-refractivity contribution in [3.05, 3.63) is 47.2 Å². The molecule has 5 heteroatoms. The highest BCUT2D eigenvalue weighted by molar-refractivity contribution is 5.29. The van der Waals surface area contributed by atoms with Gasteiger partial charge in [-0.15, -0.1) is 0 Å². The van der Waals surface area contributed by atoms with E-state index in [4.69, 9.17) is 5.73 Å². The van der Waals surface area contributed by atoms with Crippen LogP contribution in [0.4, 0.5) is 14.6 Å². The molecule has 3 nitrogen and oxygen atoms in total. The van der Waals surface area contributed by atoms with Crippen LogP contribution >= 0.6 is 0 Å². The third-order valence-electron chi connectivity index (χ3n) is 2.36. The maximum atomic E-state index is 13.3. The largest absolute Gasteiger partial charge is 0.382 e. The van der Waals surface area contributed by atoms with E-state index < -0.39 is 11.6 Å². The van der Waals surface area contributed by atoms with E-state index in [-0.39, 0.29) is 12.0 Å². The lowest BCUT2D eigenvalue weighted by Gasteiger charge is -2.03. The predicted molar refractivity (Wildman–Crippen MR) is 56.8 cm³/mol. The predicted octanol–water partition coefficient (Wildman–Crippen LogP) is 2.06. The lowest BCUT2D eigenvalue weighted by Crippen LogP contribution is -1.98. The third kappa shape index (κ3) is 2.18. The van der Waals surface area contributed by atoms with Crippen molar-refractivity contribution < 1.29 is 8.78 Å². The Labute approximate surface area is 91.3 Å². The second-order valence-corrected chi connectivity index (χ2v) is 3.52. The minimum Gasteiger partial charge on any atom is -0.382 e. The number of nitrogens with two attached hydrogens (primary N) is 1. The zero-order valence-electron chi connectivity index (χ0n) is 8.50. The summed E-state index contributed by atoms with van der Waals surface area (Å²) in [6, 6.07) is 5.50. The number of aryl methyl sites for hydroxylation is 1. The van der Waals surface area contributed by atoms with Crippen LogP contribution in [0.25, 0.3) is 0 Å². The second-order valence-electron chi connectivity index (χ2n) is 3.52. The van der Waals surface area contributed by atoms with Crippen LogP contribution in [-0.4, -0.2) is 10.2 Å². The highest BCUT2D eigenvalue weighted by atomic mass is 19.1. The number of hydrogen-bond acceptors (Lipinski definition) is 2. The smallest absolute Gasteiger partial charge is 0.145 e. The quantitative estimate of drug-likeness (QED) is 0.836. The van der Waals surface area contributed by atoms with E-state index in [9.17, 15) is 8.78 Å². The number of nitrogen functional groups attached to an aromatic ring is 1. The Balaban J connectivity index is 2.10. The molecule has 3 N–H and O–H groups in total. The molecule has 0 radical (unpaired) electrons. The van der Waals surface area contributed by atoms with E-state index in [1.807, 2.05) is 0 Å². The fourth-order valence-corrected chi connectivity index (χ4v) is 1.54. The normalized spacial score (nSPS) is 10.6. The van der Waals surface area contributed by atoms with E-state index in [2.05, 4.69) is 10.2 Å². The van der Waals surface area contributed by atoms with Crippen molar-refractivity contribution >= 4 is 5.82 Å². The van der Waals surface area contributed by atoms with Gasteiger partial charge in [0.2, 0.25) is 0 Å². The van der Waals surface area contributed by atoms with Crippen LogP contribution in [0, 0.1) is 11.6 Å². The number of anilines is 1. The van der Waals surface area contributed by atoms with E-state index in [0.29, 0.717) is 12.2 Å². The number of H-pyrrole nitrogens is 1. The summed E-state index contributed by atoms with van der Waals surface area (Å²) in [5.41, 5.74) is 6.27. The van der Waals surface area contributed by atoms with Crippen LogP contribution in [0.5, 0.6) is 0 Å². The zero-order valence-corrected chi connectivity index (χ0v) is 8.50. The van der Waals surface area contributed by atoms with Crippen LogP contribution in [-0.2, 0) is 12.8 Å². The molecule has 1 aromatic heterocycles. The molecule has 0 unspecified atom stereocenters. The van der Waals surface area contributed by atoms with E-state index in [1.165, 1.54) is 18.2 Å². The van der Waals surface area contributed by atoms with Crippen molar-refractivity contribution in [1.29, 1.82) is 0 Å². The van der Waals surface area contributed by atoms with Crippen molar-refractivity contribution in [1.82, 2.24) is 10.2 Å². The molecular weight excluding hydrogens is 212 g/mol. The molecule has 0 aliphatic rings. The van der Waals surface area contributed by atoms with Crippen LogP contribution in [0.15, 0.2) is 24.3 Å². The molecule has 0 amide bonds. The molecule has 84 valence electrons. The van der Waals surface area contributed by atoms with Gasteiger partial charge in [0.1, 0.15) is 17.5 Å². The Morgan fingerprint density at radius 1 is 1.19 bits per heavy atom. The van der Waals surface area contributed by atoms with Gasteiger partial charge in [0.25, 0.3) is 0 Å². The van der Waals surface area contributed by atoms with Crippen LogP contribution in [0.3, 0.4) is 0 Å².